The molecule has 1 aliphatic rings. The molecule has 2 N–H and O–H groups in total. The summed E-state index contributed by atoms with van der Waals surface area (Å²) in [6, 6.07) is 1.68. The number of nitrogens with zero attached hydrogens (tertiary/aromatic N) is 4. The Bertz CT molecular complexity index is 791. The van der Waals surface area contributed by atoms with E-state index in [9.17, 15) is 8.42 Å². The first-order valence-electron chi connectivity index (χ1n) is 7.43. The van der Waals surface area contributed by atoms with Crippen molar-refractivity contribution < 1.29 is 8.42 Å². The van der Waals surface area contributed by atoms with Crippen molar-refractivity contribution in [2.75, 3.05) is 19.6 Å². The van der Waals surface area contributed by atoms with Crippen molar-refractivity contribution in [3.8, 4) is 0 Å². The van der Waals surface area contributed by atoms with Gasteiger partial charge in [0.2, 0.25) is 10.0 Å². The molecule has 22 heavy (non-hydrogen) atoms. The van der Waals surface area contributed by atoms with Crippen molar-refractivity contribution in [3.05, 3.63) is 18.0 Å². The van der Waals surface area contributed by atoms with Gasteiger partial charge >= 0.3 is 0 Å². The molecule has 1 saturated heterocycles. The summed E-state index contributed by atoms with van der Waals surface area (Å²) in [6.07, 6.45) is 3.06. The Balaban J connectivity index is 1.94. The predicted molar refractivity (Wildman–Crippen MR) is 83.8 cm³/mol. The fraction of sp³-hybridized carbons (Fsp3) is 0.571. The van der Waals surface area contributed by atoms with Gasteiger partial charge in [-0.3, -0.25) is 4.68 Å². The number of sulfonamides is 1. The third-order valence-electron chi connectivity index (χ3n) is 4.38. The van der Waals surface area contributed by atoms with Gasteiger partial charge in [0.25, 0.3) is 0 Å². The van der Waals surface area contributed by atoms with Gasteiger partial charge in [-0.25, -0.2) is 13.4 Å². The van der Waals surface area contributed by atoms with Gasteiger partial charge in [0.1, 0.15) is 4.90 Å². The monoisotopic (exact) mass is 323 g/mol. The highest BCUT2D eigenvalue weighted by Crippen LogP contribution is 2.25. The molecule has 0 spiro atoms. The minimum Gasteiger partial charge on any atom is -0.330 e. The maximum Gasteiger partial charge on any atom is 0.244 e. The maximum absolute atomic E-state index is 12.8. The highest BCUT2D eigenvalue weighted by atomic mass is 32.2. The van der Waals surface area contributed by atoms with E-state index in [4.69, 9.17) is 5.73 Å². The first kappa shape index (κ1) is 15.4. The van der Waals surface area contributed by atoms with Crippen molar-refractivity contribution in [3.63, 3.8) is 0 Å². The van der Waals surface area contributed by atoms with Crippen LogP contribution < -0.4 is 5.73 Å². The summed E-state index contributed by atoms with van der Waals surface area (Å²) in [5.41, 5.74) is 7.14. The van der Waals surface area contributed by atoms with E-state index < -0.39 is 10.0 Å². The van der Waals surface area contributed by atoms with Crippen molar-refractivity contribution in [1.82, 2.24) is 19.1 Å². The Morgan fingerprint density at radius 3 is 2.68 bits per heavy atom. The SMILES string of the molecule is Cc1nn(C)c2ncc(S(=O)(=O)N3CCC(CN)CC3)cc12. The standard InChI is InChI=1S/C14H21N5O2S/c1-10-13-7-12(9-16-14(13)18(2)17-10)22(20,21)19-5-3-11(8-15)4-6-19/h7,9,11H,3-6,8,15H2,1-2H3. The highest BCUT2D eigenvalue weighted by Gasteiger charge is 2.29. The maximum atomic E-state index is 12.8. The minimum absolute atomic E-state index is 0.238. The molecule has 0 bridgehead atoms. The number of pyridine rings is 1. The van der Waals surface area contributed by atoms with Gasteiger partial charge in [-0.15, -0.1) is 0 Å². The zero-order valence-electron chi connectivity index (χ0n) is 12.9. The Kier molecular flexibility index (Phi) is 3.92. The molecule has 2 aromatic rings. The van der Waals surface area contributed by atoms with Crippen LogP contribution in [0.3, 0.4) is 0 Å². The summed E-state index contributed by atoms with van der Waals surface area (Å²) in [5.74, 6) is 0.424. The number of fused-ring (bicyclic) bond motifs is 1. The van der Waals surface area contributed by atoms with Crippen LogP contribution in [0.4, 0.5) is 0 Å². The van der Waals surface area contributed by atoms with Crippen LogP contribution in [0.15, 0.2) is 17.2 Å². The highest BCUT2D eigenvalue weighted by molar-refractivity contribution is 7.89. The molecule has 120 valence electrons. The lowest BCUT2D eigenvalue weighted by atomic mass is 9.99. The lowest BCUT2D eigenvalue weighted by Crippen LogP contribution is -2.40. The second-order valence-electron chi connectivity index (χ2n) is 5.83. The Labute approximate surface area is 130 Å². The zero-order valence-corrected chi connectivity index (χ0v) is 13.7. The number of aryl methyl sites for hydroxylation is 2. The number of aromatic nitrogens is 3. The summed E-state index contributed by atoms with van der Waals surface area (Å²) >= 11 is 0. The number of hydrogen-bond donors (Lipinski definition) is 1. The summed E-state index contributed by atoms with van der Waals surface area (Å²) in [4.78, 5) is 4.51. The molecule has 3 heterocycles. The molecule has 0 radical (unpaired) electrons. The normalized spacial score (nSPS) is 18.1. The second-order valence-corrected chi connectivity index (χ2v) is 7.77. The summed E-state index contributed by atoms with van der Waals surface area (Å²) in [7, 11) is -1.70. The lowest BCUT2D eigenvalue weighted by Gasteiger charge is -2.30. The summed E-state index contributed by atoms with van der Waals surface area (Å²) < 4.78 is 28.7. The van der Waals surface area contributed by atoms with Crippen LogP contribution in [0.25, 0.3) is 11.0 Å². The molecule has 1 fully saturated rings. The fourth-order valence-electron chi connectivity index (χ4n) is 2.96. The van der Waals surface area contributed by atoms with E-state index in [1.165, 1.54) is 10.5 Å². The van der Waals surface area contributed by atoms with E-state index in [0.717, 1.165) is 23.9 Å². The molecule has 0 aliphatic carbocycles. The van der Waals surface area contributed by atoms with E-state index in [-0.39, 0.29) is 4.90 Å². The van der Waals surface area contributed by atoms with Gasteiger partial charge in [0.05, 0.1) is 5.69 Å². The van der Waals surface area contributed by atoms with Crippen LogP contribution in [0, 0.1) is 12.8 Å². The topological polar surface area (TPSA) is 94.1 Å². The molecule has 1 aliphatic heterocycles. The van der Waals surface area contributed by atoms with Gasteiger partial charge in [0.15, 0.2) is 5.65 Å². The number of hydrogen-bond acceptors (Lipinski definition) is 5. The molecule has 8 heteroatoms. The third kappa shape index (κ3) is 2.51. The Morgan fingerprint density at radius 2 is 2.05 bits per heavy atom. The molecule has 0 saturated carbocycles. The summed E-state index contributed by atoms with van der Waals surface area (Å²) in [5, 5.41) is 5.06. The van der Waals surface area contributed by atoms with Crippen LogP contribution in [0.1, 0.15) is 18.5 Å². The Morgan fingerprint density at radius 1 is 1.36 bits per heavy atom. The van der Waals surface area contributed by atoms with Gasteiger partial charge in [-0.2, -0.15) is 9.40 Å². The van der Waals surface area contributed by atoms with Crippen molar-refractivity contribution >= 4 is 21.1 Å². The van der Waals surface area contributed by atoms with E-state index in [0.29, 0.717) is 31.2 Å². The summed E-state index contributed by atoms with van der Waals surface area (Å²) in [6.45, 7) is 3.52. The van der Waals surface area contributed by atoms with Gasteiger partial charge in [-0.1, -0.05) is 0 Å². The van der Waals surface area contributed by atoms with Crippen molar-refractivity contribution in [2.45, 2.75) is 24.7 Å². The molecule has 0 unspecified atom stereocenters. The third-order valence-corrected chi connectivity index (χ3v) is 6.25. The smallest absolute Gasteiger partial charge is 0.244 e. The number of nitrogens with two attached hydrogens (primary N) is 1. The fourth-order valence-corrected chi connectivity index (χ4v) is 4.41. The number of piperidine rings is 1. The lowest BCUT2D eigenvalue weighted by molar-refractivity contribution is 0.278. The van der Waals surface area contributed by atoms with Gasteiger partial charge in [-0.05, 0) is 38.3 Å². The van der Waals surface area contributed by atoms with E-state index >= 15 is 0 Å². The Hall–Kier alpha value is -1.51. The molecule has 7 nitrogen and oxygen atoms in total. The van der Waals surface area contributed by atoms with E-state index in [1.807, 2.05) is 6.92 Å². The first-order chi connectivity index (χ1) is 10.4. The zero-order chi connectivity index (χ0) is 15.9. The van der Waals surface area contributed by atoms with Gasteiger partial charge in [0, 0.05) is 31.7 Å². The van der Waals surface area contributed by atoms with Gasteiger partial charge < -0.3 is 5.73 Å². The molecule has 0 aromatic carbocycles. The molecular weight excluding hydrogens is 302 g/mol. The van der Waals surface area contributed by atoms with Crippen LogP contribution in [-0.4, -0.2) is 47.1 Å². The number of rotatable bonds is 3. The largest absolute Gasteiger partial charge is 0.330 e. The molecule has 2 aromatic heterocycles. The van der Waals surface area contributed by atoms with Crippen LogP contribution in [-0.2, 0) is 17.1 Å². The van der Waals surface area contributed by atoms with Crippen molar-refractivity contribution in [1.29, 1.82) is 0 Å². The van der Waals surface area contributed by atoms with Crippen molar-refractivity contribution in [2.24, 2.45) is 18.7 Å². The van der Waals surface area contributed by atoms with Crippen LogP contribution in [0.5, 0.6) is 0 Å². The van der Waals surface area contributed by atoms with Crippen LogP contribution in [0.2, 0.25) is 0 Å². The second kappa shape index (κ2) is 5.60. The quantitative estimate of drug-likeness (QED) is 0.894. The average molecular weight is 323 g/mol. The minimum atomic E-state index is -3.50. The molecule has 0 amide bonds. The first-order valence-corrected chi connectivity index (χ1v) is 8.87. The average Bonchev–Trinajstić information content (AvgIpc) is 2.81. The molecular formula is C14H21N5O2S. The molecule has 0 atom stereocenters. The van der Waals surface area contributed by atoms with E-state index in [2.05, 4.69) is 10.1 Å². The van der Waals surface area contributed by atoms with Crippen LogP contribution >= 0.6 is 0 Å². The predicted octanol–water partition coefficient (Wildman–Crippen LogP) is 0.636. The van der Waals surface area contributed by atoms with E-state index in [1.54, 1.807) is 17.8 Å². The molecule has 3 rings (SSSR count).